The van der Waals surface area contributed by atoms with Crippen LogP contribution in [0.1, 0.15) is 47.2 Å². The fourth-order valence-electron chi connectivity index (χ4n) is 4.02. The molecule has 178 valence electrons. The van der Waals surface area contributed by atoms with Crippen molar-refractivity contribution in [3.8, 4) is 5.75 Å². The average Bonchev–Trinajstić information content (AvgIpc) is 2.86. The normalized spacial score (nSPS) is 15.0. The van der Waals surface area contributed by atoms with E-state index < -0.39 is 6.04 Å². The van der Waals surface area contributed by atoms with E-state index in [-0.39, 0.29) is 11.8 Å². The molecule has 2 aromatic rings. The van der Waals surface area contributed by atoms with Crippen molar-refractivity contribution >= 4 is 23.6 Å². The molecular weight excluding hydrogens is 434 g/mol. The summed E-state index contributed by atoms with van der Waals surface area (Å²) >= 11 is 1.65. The van der Waals surface area contributed by atoms with Gasteiger partial charge >= 0.3 is 0 Å². The minimum atomic E-state index is -0.603. The highest BCUT2D eigenvalue weighted by molar-refractivity contribution is 7.98. The Morgan fingerprint density at radius 2 is 1.73 bits per heavy atom. The molecule has 33 heavy (non-hydrogen) atoms. The summed E-state index contributed by atoms with van der Waals surface area (Å²) in [5, 5.41) is 5.87. The molecular formula is C26H35N3O3S. The molecule has 1 heterocycles. The van der Waals surface area contributed by atoms with Crippen molar-refractivity contribution in [1.82, 2.24) is 15.5 Å². The second-order valence-electron chi connectivity index (χ2n) is 8.38. The number of ether oxygens (including phenoxy) is 1. The molecule has 0 saturated carbocycles. The highest BCUT2D eigenvalue weighted by atomic mass is 32.2. The number of piperidine rings is 1. The quantitative estimate of drug-likeness (QED) is 0.523. The Labute approximate surface area is 201 Å². The van der Waals surface area contributed by atoms with Gasteiger partial charge in [0, 0.05) is 13.1 Å². The number of hydrogen-bond donors (Lipinski definition) is 2. The molecule has 1 aliphatic heterocycles. The predicted octanol–water partition coefficient (Wildman–Crippen LogP) is 3.85. The van der Waals surface area contributed by atoms with Crippen LogP contribution in [0.3, 0.4) is 0 Å². The van der Waals surface area contributed by atoms with Crippen LogP contribution >= 0.6 is 11.8 Å². The summed E-state index contributed by atoms with van der Waals surface area (Å²) < 4.78 is 5.28. The Kier molecular flexibility index (Phi) is 10.1. The van der Waals surface area contributed by atoms with Crippen LogP contribution in [0.2, 0.25) is 0 Å². The van der Waals surface area contributed by atoms with E-state index in [1.165, 1.54) is 45.0 Å². The van der Waals surface area contributed by atoms with E-state index in [9.17, 15) is 9.59 Å². The number of carbonyl (C=O) groups is 2. The van der Waals surface area contributed by atoms with Gasteiger partial charge in [0.1, 0.15) is 11.8 Å². The van der Waals surface area contributed by atoms with Gasteiger partial charge in [-0.05, 0) is 67.6 Å². The molecule has 2 aromatic carbocycles. The van der Waals surface area contributed by atoms with Gasteiger partial charge in [-0.1, -0.05) is 42.8 Å². The maximum absolute atomic E-state index is 12.9. The van der Waals surface area contributed by atoms with Crippen LogP contribution in [0.4, 0.5) is 0 Å². The van der Waals surface area contributed by atoms with Crippen molar-refractivity contribution in [2.24, 2.45) is 0 Å². The van der Waals surface area contributed by atoms with E-state index in [0.717, 1.165) is 17.9 Å². The number of likely N-dealkylation sites (tertiary alicyclic amines) is 1. The Hall–Kier alpha value is -2.51. The zero-order valence-electron chi connectivity index (χ0n) is 19.6. The molecule has 7 heteroatoms. The number of amides is 2. The minimum Gasteiger partial charge on any atom is -0.496 e. The van der Waals surface area contributed by atoms with Gasteiger partial charge in [-0.3, -0.25) is 14.5 Å². The third kappa shape index (κ3) is 7.79. The molecule has 1 saturated heterocycles. The van der Waals surface area contributed by atoms with Gasteiger partial charge in [0.2, 0.25) is 5.91 Å². The number of rotatable bonds is 11. The van der Waals surface area contributed by atoms with E-state index >= 15 is 0 Å². The predicted molar refractivity (Wildman–Crippen MR) is 135 cm³/mol. The van der Waals surface area contributed by atoms with Crippen molar-refractivity contribution in [2.75, 3.05) is 32.2 Å². The SMILES string of the molecule is COc1ccccc1C(=O)NC(CCSC)C(=O)NCc1ccc(CN2CCCCC2)cc1. The Morgan fingerprint density at radius 3 is 2.42 bits per heavy atom. The van der Waals surface area contributed by atoms with Crippen LogP contribution in [0.25, 0.3) is 0 Å². The van der Waals surface area contributed by atoms with E-state index in [4.69, 9.17) is 4.74 Å². The summed E-state index contributed by atoms with van der Waals surface area (Å²) in [5.41, 5.74) is 2.77. The minimum absolute atomic E-state index is 0.176. The van der Waals surface area contributed by atoms with Gasteiger partial charge in [0.25, 0.3) is 5.91 Å². The lowest BCUT2D eigenvalue weighted by atomic mass is 10.1. The molecule has 1 aliphatic rings. The number of benzene rings is 2. The summed E-state index contributed by atoms with van der Waals surface area (Å²) in [6, 6.07) is 14.9. The van der Waals surface area contributed by atoms with E-state index in [0.29, 0.717) is 24.3 Å². The molecule has 0 radical (unpaired) electrons. The van der Waals surface area contributed by atoms with E-state index in [2.05, 4.69) is 39.8 Å². The highest BCUT2D eigenvalue weighted by Gasteiger charge is 2.22. The number of thioether (sulfide) groups is 1. The maximum atomic E-state index is 12.9. The second-order valence-corrected chi connectivity index (χ2v) is 9.36. The first kappa shape index (κ1) is 25.1. The second kappa shape index (κ2) is 13.3. The lowest BCUT2D eigenvalue weighted by Gasteiger charge is -2.26. The largest absolute Gasteiger partial charge is 0.496 e. The summed E-state index contributed by atoms with van der Waals surface area (Å²) in [6.45, 7) is 3.77. The van der Waals surface area contributed by atoms with Crippen LogP contribution in [0.15, 0.2) is 48.5 Å². The smallest absolute Gasteiger partial charge is 0.255 e. The number of para-hydroxylation sites is 1. The molecule has 6 nitrogen and oxygen atoms in total. The van der Waals surface area contributed by atoms with Gasteiger partial charge in [0.05, 0.1) is 12.7 Å². The number of methoxy groups -OCH3 is 1. The number of nitrogens with one attached hydrogen (secondary N) is 2. The van der Waals surface area contributed by atoms with Crippen molar-refractivity contribution in [3.63, 3.8) is 0 Å². The molecule has 1 unspecified atom stereocenters. The first-order valence-electron chi connectivity index (χ1n) is 11.6. The molecule has 0 bridgehead atoms. The molecule has 0 aliphatic carbocycles. The Bertz CT molecular complexity index is 898. The summed E-state index contributed by atoms with van der Waals surface area (Å²) in [5.74, 6) is 0.777. The third-order valence-corrected chi connectivity index (χ3v) is 6.57. The molecule has 2 amide bonds. The maximum Gasteiger partial charge on any atom is 0.255 e. The fourth-order valence-corrected chi connectivity index (χ4v) is 4.49. The summed E-state index contributed by atoms with van der Waals surface area (Å²) in [6.07, 6.45) is 6.46. The van der Waals surface area contributed by atoms with Crippen molar-refractivity contribution in [1.29, 1.82) is 0 Å². The van der Waals surface area contributed by atoms with Crippen LogP contribution in [-0.4, -0.2) is 55.0 Å². The lowest BCUT2D eigenvalue weighted by Crippen LogP contribution is -2.47. The van der Waals surface area contributed by atoms with Crippen molar-refractivity contribution in [3.05, 3.63) is 65.2 Å². The van der Waals surface area contributed by atoms with Crippen molar-refractivity contribution in [2.45, 2.75) is 44.8 Å². The van der Waals surface area contributed by atoms with Gasteiger partial charge in [0.15, 0.2) is 0 Å². The molecule has 1 fully saturated rings. The molecule has 0 aromatic heterocycles. The fraction of sp³-hybridized carbons (Fsp3) is 0.462. The van der Waals surface area contributed by atoms with Gasteiger partial charge < -0.3 is 15.4 Å². The monoisotopic (exact) mass is 469 g/mol. The molecule has 0 spiro atoms. The number of carbonyl (C=O) groups excluding carboxylic acids is 2. The topological polar surface area (TPSA) is 70.7 Å². The lowest BCUT2D eigenvalue weighted by molar-refractivity contribution is -0.123. The van der Waals surface area contributed by atoms with Crippen LogP contribution < -0.4 is 15.4 Å². The van der Waals surface area contributed by atoms with Crippen LogP contribution in [-0.2, 0) is 17.9 Å². The number of hydrogen-bond acceptors (Lipinski definition) is 5. The Morgan fingerprint density at radius 1 is 1.03 bits per heavy atom. The molecule has 3 rings (SSSR count). The van der Waals surface area contributed by atoms with Crippen LogP contribution in [0, 0.1) is 0 Å². The summed E-state index contributed by atoms with van der Waals surface area (Å²) in [4.78, 5) is 28.2. The van der Waals surface area contributed by atoms with Gasteiger partial charge in [-0.2, -0.15) is 11.8 Å². The molecule has 2 N–H and O–H groups in total. The van der Waals surface area contributed by atoms with E-state index in [1.54, 1.807) is 30.0 Å². The zero-order valence-corrected chi connectivity index (χ0v) is 20.5. The standard InChI is InChI=1S/C26H35N3O3S/c1-32-24-9-5-4-8-22(24)25(30)28-23(14-17-33-2)26(31)27-18-20-10-12-21(13-11-20)19-29-15-6-3-7-16-29/h4-5,8-13,23H,3,6-7,14-19H2,1-2H3,(H,27,31)(H,28,30). The summed E-state index contributed by atoms with van der Waals surface area (Å²) in [7, 11) is 1.53. The highest BCUT2D eigenvalue weighted by Crippen LogP contribution is 2.18. The van der Waals surface area contributed by atoms with Gasteiger partial charge in [-0.25, -0.2) is 0 Å². The van der Waals surface area contributed by atoms with Crippen LogP contribution in [0.5, 0.6) is 5.75 Å². The first-order valence-corrected chi connectivity index (χ1v) is 13.0. The first-order chi connectivity index (χ1) is 16.1. The Balaban J connectivity index is 1.55. The zero-order chi connectivity index (χ0) is 23.5. The van der Waals surface area contributed by atoms with Crippen molar-refractivity contribution < 1.29 is 14.3 Å². The number of nitrogens with zero attached hydrogens (tertiary/aromatic N) is 1. The molecule has 1 atom stereocenters. The van der Waals surface area contributed by atoms with Gasteiger partial charge in [-0.15, -0.1) is 0 Å². The third-order valence-electron chi connectivity index (χ3n) is 5.93. The van der Waals surface area contributed by atoms with E-state index in [1.807, 2.05) is 12.3 Å². The average molecular weight is 470 g/mol.